The molecule has 120 valence electrons. The van der Waals surface area contributed by atoms with Crippen molar-refractivity contribution >= 4 is 22.8 Å². The van der Waals surface area contributed by atoms with E-state index in [2.05, 4.69) is 24.2 Å². The summed E-state index contributed by atoms with van der Waals surface area (Å²) in [5, 5.41) is 3.54. The van der Waals surface area contributed by atoms with E-state index in [4.69, 9.17) is 0 Å². The maximum atomic E-state index is 12.6. The number of carbonyl (C=O) groups is 1. The Labute approximate surface area is 127 Å². The van der Waals surface area contributed by atoms with E-state index in [1.807, 2.05) is 0 Å². The Balaban J connectivity index is 2.00. The van der Waals surface area contributed by atoms with Gasteiger partial charge in [-0.05, 0) is 31.6 Å². The summed E-state index contributed by atoms with van der Waals surface area (Å²) in [5.74, 6) is 0.334. The van der Waals surface area contributed by atoms with Gasteiger partial charge in [0.2, 0.25) is 0 Å². The summed E-state index contributed by atoms with van der Waals surface area (Å²) >= 11 is 0.914. The van der Waals surface area contributed by atoms with Gasteiger partial charge in [-0.15, -0.1) is 0 Å². The Kier molecular flexibility index (Phi) is 4.61. The zero-order valence-corrected chi connectivity index (χ0v) is 13.3. The Morgan fingerprint density at radius 1 is 1.38 bits per heavy atom. The lowest BCUT2D eigenvalue weighted by Gasteiger charge is -2.34. The molecule has 1 fully saturated rings. The molecule has 2 aliphatic rings. The molecule has 0 saturated heterocycles. The fourth-order valence-electron chi connectivity index (χ4n) is 2.94. The van der Waals surface area contributed by atoms with Crippen LogP contribution in [0.1, 0.15) is 46.5 Å². The van der Waals surface area contributed by atoms with Crippen LogP contribution in [-0.4, -0.2) is 28.0 Å². The average molecular weight is 322 g/mol. The average Bonchev–Trinajstić information content (AvgIpc) is 2.56. The van der Waals surface area contributed by atoms with Crippen LogP contribution in [-0.2, 0) is 4.79 Å². The lowest BCUT2D eigenvalue weighted by molar-refractivity contribution is -0.147. The fourth-order valence-corrected chi connectivity index (χ4v) is 4.07. The molecule has 0 spiro atoms. The van der Waals surface area contributed by atoms with Gasteiger partial charge in [0.05, 0.1) is 6.42 Å². The van der Waals surface area contributed by atoms with Crippen LogP contribution < -0.4 is 5.32 Å². The van der Waals surface area contributed by atoms with Gasteiger partial charge in [0, 0.05) is 6.04 Å². The van der Waals surface area contributed by atoms with Crippen molar-refractivity contribution < 1.29 is 18.0 Å². The van der Waals surface area contributed by atoms with E-state index in [-0.39, 0.29) is 6.04 Å². The largest absolute Gasteiger partial charge is 0.390 e. The first kappa shape index (κ1) is 16.6. The minimum Gasteiger partial charge on any atom is -0.361 e. The molecule has 3 nitrogen and oxygen atoms in total. The number of alkyl halides is 3. The van der Waals surface area contributed by atoms with Crippen molar-refractivity contribution in [3.05, 3.63) is 0 Å². The second-order valence-corrected chi connectivity index (χ2v) is 7.99. The summed E-state index contributed by atoms with van der Waals surface area (Å²) in [6, 6.07) is 0.182. The minimum atomic E-state index is -4.37. The standard InChI is InChI=1S/C14H21F3N2OS/c1-8-4-5-9(2)10(6-8)18-12-19-11(20)13(3,21-12)7-14(15,16)17/h8-10H,4-7H2,1-3H3,(H,18,19,20)/t8-,9?,10-,13+/m0/s1. The van der Waals surface area contributed by atoms with Gasteiger partial charge in [0.25, 0.3) is 5.91 Å². The first-order valence-corrected chi connectivity index (χ1v) is 8.06. The Morgan fingerprint density at radius 2 is 2.05 bits per heavy atom. The van der Waals surface area contributed by atoms with Crippen molar-refractivity contribution in [1.29, 1.82) is 0 Å². The minimum absolute atomic E-state index is 0.182. The van der Waals surface area contributed by atoms with Gasteiger partial charge in [-0.2, -0.15) is 18.2 Å². The first-order valence-electron chi connectivity index (χ1n) is 7.24. The summed E-state index contributed by atoms with van der Waals surface area (Å²) in [4.78, 5) is 15.6. The molecule has 0 aromatic rings. The highest BCUT2D eigenvalue weighted by atomic mass is 32.2. The third-order valence-corrected chi connectivity index (χ3v) is 5.45. The molecule has 2 rings (SSSR count). The first-order chi connectivity index (χ1) is 9.59. The molecule has 21 heavy (non-hydrogen) atoms. The molecule has 0 aromatic carbocycles. The van der Waals surface area contributed by atoms with E-state index in [0.29, 0.717) is 17.0 Å². The maximum absolute atomic E-state index is 12.6. The van der Waals surface area contributed by atoms with Crippen molar-refractivity contribution in [1.82, 2.24) is 5.32 Å². The van der Waals surface area contributed by atoms with E-state index in [1.165, 1.54) is 13.3 Å². The van der Waals surface area contributed by atoms with Crippen LogP contribution in [0.4, 0.5) is 13.2 Å². The van der Waals surface area contributed by atoms with Gasteiger partial charge >= 0.3 is 6.18 Å². The fraction of sp³-hybridized carbons (Fsp3) is 0.857. The van der Waals surface area contributed by atoms with Crippen molar-refractivity contribution in [3.8, 4) is 0 Å². The van der Waals surface area contributed by atoms with Crippen molar-refractivity contribution in [2.24, 2.45) is 16.8 Å². The molecular formula is C14H21F3N2OS. The third-order valence-electron chi connectivity index (χ3n) is 4.28. The number of hydrogen-bond acceptors (Lipinski definition) is 3. The molecule has 4 atom stereocenters. The molecule has 1 aliphatic carbocycles. The van der Waals surface area contributed by atoms with Crippen LogP contribution in [0.3, 0.4) is 0 Å². The van der Waals surface area contributed by atoms with E-state index < -0.39 is 23.3 Å². The van der Waals surface area contributed by atoms with Gasteiger partial charge < -0.3 is 5.32 Å². The summed E-state index contributed by atoms with van der Waals surface area (Å²) in [5.41, 5.74) is 0. The summed E-state index contributed by atoms with van der Waals surface area (Å²) in [7, 11) is 0. The zero-order chi connectivity index (χ0) is 15.8. The van der Waals surface area contributed by atoms with Crippen LogP contribution in [0.5, 0.6) is 0 Å². The van der Waals surface area contributed by atoms with Crippen LogP contribution in [0.25, 0.3) is 0 Å². The third kappa shape index (κ3) is 4.14. The molecular weight excluding hydrogens is 301 g/mol. The van der Waals surface area contributed by atoms with Crippen LogP contribution in [0, 0.1) is 11.8 Å². The number of nitrogens with one attached hydrogen (secondary N) is 1. The second-order valence-electron chi connectivity index (χ2n) is 6.49. The highest BCUT2D eigenvalue weighted by Crippen LogP contribution is 2.42. The predicted molar refractivity (Wildman–Crippen MR) is 78.2 cm³/mol. The van der Waals surface area contributed by atoms with Gasteiger partial charge in [-0.3, -0.25) is 4.79 Å². The maximum Gasteiger partial charge on any atom is 0.390 e. The van der Waals surface area contributed by atoms with E-state index in [9.17, 15) is 18.0 Å². The highest BCUT2D eigenvalue weighted by molar-refractivity contribution is 8.16. The highest BCUT2D eigenvalue weighted by Gasteiger charge is 2.49. The van der Waals surface area contributed by atoms with E-state index >= 15 is 0 Å². The molecule has 1 amide bonds. The van der Waals surface area contributed by atoms with E-state index in [0.717, 1.165) is 24.6 Å². The molecule has 7 heteroatoms. The molecule has 0 aromatic heterocycles. The summed E-state index contributed by atoms with van der Waals surface area (Å²) < 4.78 is 36.2. The molecule has 1 unspecified atom stereocenters. The number of aliphatic imine (C=N–C) groups is 1. The topological polar surface area (TPSA) is 41.5 Å². The number of rotatable bonds is 2. The number of amides is 1. The van der Waals surface area contributed by atoms with Crippen molar-refractivity contribution in [3.63, 3.8) is 0 Å². The SMILES string of the molecule is CC1CC[C@H](C)C[C@@H]1NC1=NC(=O)[C@@](C)(CC(F)(F)F)S1. The van der Waals surface area contributed by atoms with Crippen LogP contribution >= 0.6 is 11.8 Å². The van der Waals surface area contributed by atoms with Crippen molar-refractivity contribution in [2.75, 3.05) is 0 Å². The quantitative estimate of drug-likeness (QED) is 0.842. The number of halogens is 3. The lowest BCUT2D eigenvalue weighted by atomic mass is 9.80. The molecule has 1 N–H and O–H groups in total. The molecule has 1 heterocycles. The second kappa shape index (κ2) is 5.82. The monoisotopic (exact) mass is 322 g/mol. The predicted octanol–water partition coefficient (Wildman–Crippen LogP) is 3.74. The number of carbonyl (C=O) groups excluding carboxylic acids is 1. The van der Waals surface area contributed by atoms with Crippen molar-refractivity contribution in [2.45, 2.75) is 63.4 Å². The van der Waals surface area contributed by atoms with E-state index in [1.54, 1.807) is 0 Å². The lowest BCUT2D eigenvalue weighted by Crippen LogP contribution is -2.42. The molecule has 0 bridgehead atoms. The van der Waals surface area contributed by atoms with Gasteiger partial charge in [0.1, 0.15) is 4.75 Å². The van der Waals surface area contributed by atoms with Gasteiger partial charge in [-0.25, -0.2) is 0 Å². The van der Waals surface area contributed by atoms with Crippen LogP contribution in [0.2, 0.25) is 0 Å². The number of nitrogens with zero attached hydrogens (tertiary/aromatic N) is 1. The number of amidine groups is 1. The van der Waals surface area contributed by atoms with Gasteiger partial charge in [-0.1, -0.05) is 32.0 Å². The van der Waals surface area contributed by atoms with Crippen LogP contribution in [0.15, 0.2) is 4.99 Å². The number of hydrogen-bond donors (Lipinski definition) is 1. The Morgan fingerprint density at radius 3 is 2.67 bits per heavy atom. The Bertz CT molecular complexity index is 452. The Hall–Kier alpha value is -0.720. The normalized spacial score (nSPS) is 37.5. The summed E-state index contributed by atoms with van der Waals surface area (Å²) in [6.45, 7) is 5.61. The molecule has 1 aliphatic heterocycles. The van der Waals surface area contributed by atoms with Gasteiger partial charge in [0.15, 0.2) is 5.17 Å². The molecule has 0 radical (unpaired) electrons. The molecule has 1 saturated carbocycles. The summed E-state index contributed by atoms with van der Waals surface area (Å²) in [6.07, 6.45) is -2.29. The smallest absolute Gasteiger partial charge is 0.361 e. The number of thioether (sulfide) groups is 1. The zero-order valence-electron chi connectivity index (χ0n) is 12.5.